The number of aryl methyl sites for hydroxylation is 1. The summed E-state index contributed by atoms with van der Waals surface area (Å²) in [6, 6.07) is 2.93. The van der Waals surface area contributed by atoms with Crippen LogP contribution in [0.4, 0.5) is 17.5 Å². The number of nitrogens with zero attached hydrogens (tertiary/aromatic N) is 5. The van der Waals surface area contributed by atoms with Crippen LogP contribution in [0.5, 0.6) is 6.01 Å². The number of hydrogen-bond donors (Lipinski definition) is 1. The molecule has 0 saturated heterocycles. The number of rotatable bonds is 4. The van der Waals surface area contributed by atoms with Gasteiger partial charge in [0.2, 0.25) is 11.8 Å². The van der Waals surface area contributed by atoms with E-state index in [9.17, 15) is 10.1 Å². The number of nitro groups is 1. The van der Waals surface area contributed by atoms with Gasteiger partial charge in [0.05, 0.1) is 12.0 Å². The van der Waals surface area contributed by atoms with Crippen LogP contribution in [0.3, 0.4) is 0 Å². The Morgan fingerprint density at radius 1 is 1.37 bits per heavy atom. The molecular weight excluding hydrogens is 252 g/mol. The maximum Gasteiger partial charge on any atom is 0.321 e. The summed E-state index contributed by atoms with van der Waals surface area (Å²) in [7, 11) is 1.42. The standard InChI is InChI=1S/C10H10N6O3/c1-6-12-9(15-10(13-6)19-2)14-8-7(16(17)18)4-3-5-11-8/h3-5H,1-2H3,(H,11,12,13,14,15). The third-order valence-corrected chi connectivity index (χ3v) is 2.12. The molecule has 2 aromatic heterocycles. The Hall–Kier alpha value is -2.84. The van der Waals surface area contributed by atoms with Crippen molar-refractivity contribution in [1.82, 2.24) is 19.9 Å². The van der Waals surface area contributed by atoms with E-state index in [1.54, 1.807) is 6.92 Å². The van der Waals surface area contributed by atoms with Crippen molar-refractivity contribution < 1.29 is 9.66 Å². The fraction of sp³-hybridized carbons (Fsp3) is 0.200. The summed E-state index contributed by atoms with van der Waals surface area (Å²) in [6.45, 7) is 1.65. The van der Waals surface area contributed by atoms with Gasteiger partial charge in [-0.1, -0.05) is 0 Å². The summed E-state index contributed by atoms with van der Waals surface area (Å²) in [4.78, 5) is 26.0. The molecule has 19 heavy (non-hydrogen) atoms. The molecule has 9 heteroatoms. The summed E-state index contributed by atoms with van der Waals surface area (Å²) in [6.07, 6.45) is 1.43. The zero-order valence-electron chi connectivity index (χ0n) is 10.2. The minimum Gasteiger partial charge on any atom is -0.467 e. The number of pyridine rings is 1. The Morgan fingerprint density at radius 2 is 2.16 bits per heavy atom. The van der Waals surface area contributed by atoms with Crippen molar-refractivity contribution >= 4 is 17.5 Å². The molecule has 98 valence electrons. The molecule has 0 fully saturated rings. The smallest absolute Gasteiger partial charge is 0.321 e. The van der Waals surface area contributed by atoms with E-state index < -0.39 is 4.92 Å². The van der Waals surface area contributed by atoms with E-state index in [0.29, 0.717) is 5.82 Å². The second-order valence-corrected chi connectivity index (χ2v) is 3.45. The minimum atomic E-state index is -0.541. The van der Waals surface area contributed by atoms with Crippen molar-refractivity contribution in [3.05, 3.63) is 34.3 Å². The molecule has 0 aliphatic carbocycles. The third-order valence-electron chi connectivity index (χ3n) is 2.12. The molecule has 2 rings (SSSR count). The SMILES string of the molecule is COc1nc(C)nc(Nc2ncccc2[N+](=O)[O-])n1. The first-order valence-electron chi connectivity index (χ1n) is 5.23. The topological polar surface area (TPSA) is 116 Å². The molecule has 0 amide bonds. The van der Waals surface area contributed by atoms with Crippen LogP contribution in [0.15, 0.2) is 18.3 Å². The van der Waals surface area contributed by atoms with Gasteiger partial charge in [0.25, 0.3) is 0 Å². The van der Waals surface area contributed by atoms with E-state index in [4.69, 9.17) is 4.74 Å². The van der Waals surface area contributed by atoms with Crippen LogP contribution in [0.1, 0.15) is 5.82 Å². The predicted molar refractivity (Wildman–Crippen MR) is 65.3 cm³/mol. The fourth-order valence-corrected chi connectivity index (χ4v) is 1.35. The van der Waals surface area contributed by atoms with Gasteiger partial charge in [-0.25, -0.2) is 4.98 Å². The van der Waals surface area contributed by atoms with Crippen molar-refractivity contribution in [2.24, 2.45) is 0 Å². The van der Waals surface area contributed by atoms with Gasteiger partial charge in [-0.3, -0.25) is 10.1 Å². The lowest BCUT2D eigenvalue weighted by molar-refractivity contribution is -0.384. The summed E-state index contributed by atoms with van der Waals surface area (Å²) in [5.41, 5.74) is -0.167. The molecule has 0 aliphatic heterocycles. The maximum atomic E-state index is 10.8. The first kappa shape index (κ1) is 12.6. The fourth-order valence-electron chi connectivity index (χ4n) is 1.35. The zero-order valence-corrected chi connectivity index (χ0v) is 10.2. The molecule has 2 heterocycles. The molecule has 1 N–H and O–H groups in total. The third kappa shape index (κ3) is 2.89. The Labute approximate surface area is 107 Å². The Kier molecular flexibility index (Phi) is 3.46. The second kappa shape index (κ2) is 5.21. The van der Waals surface area contributed by atoms with Gasteiger partial charge in [-0.2, -0.15) is 15.0 Å². The van der Waals surface area contributed by atoms with E-state index in [0.717, 1.165) is 0 Å². The molecule has 9 nitrogen and oxygen atoms in total. The Balaban J connectivity index is 2.36. The van der Waals surface area contributed by atoms with E-state index in [1.165, 1.54) is 25.4 Å². The highest BCUT2D eigenvalue weighted by Gasteiger charge is 2.15. The van der Waals surface area contributed by atoms with Crippen molar-refractivity contribution in [3.8, 4) is 6.01 Å². The van der Waals surface area contributed by atoms with E-state index in [2.05, 4.69) is 25.3 Å². The normalized spacial score (nSPS) is 10.0. The largest absolute Gasteiger partial charge is 0.467 e. The summed E-state index contributed by atoms with van der Waals surface area (Å²) >= 11 is 0. The van der Waals surface area contributed by atoms with Crippen LogP contribution in [-0.2, 0) is 0 Å². The lowest BCUT2D eigenvalue weighted by atomic mass is 10.4. The minimum absolute atomic E-state index is 0.0557. The van der Waals surface area contributed by atoms with Gasteiger partial charge in [-0.15, -0.1) is 0 Å². The highest BCUT2D eigenvalue weighted by molar-refractivity contribution is 5.61. The van der Waals surface area contributed by atoms with Crippen molar-refractivity contribution in [1.29, 1.82) is 0 Å². The zero-order chi connectivity index (χ0) is 13.8. The van der Waals surface area contributed by atoms with Crippen molar-refractivity contribution in [2.75, 3.05) is 12.4 Å². The van der Waals surface area contributed by atoms with Gasteiger partial charge in [0.1, 0.15) is 5.82 Å². The highest BCUT2D eigenvalue weighted by Crippen LogP contribution is 2.23. The van der Waals surface area contributed by atoms with E-state index in [-0.39, 0.29) is 23.5 Å². The second-order valence-electron chi connectivity index (χ2n) is 3.45. The van der Waals surface area contributed by atoms with Gasteiger partial charge in [0, 0.05) is 12.3 Å². The van der Waals surface area contributed by atoms with Gasteiger partial charge in [-0.05, 0) is 13.0 Å². The lowest BCUT2D eigenvalue weighted by Crippen LogP contribution is -2.05. The first-order valence-corrected chi connectivity index (χ1v) is 5.23. The van der Waals surface area contributed by atoms with Gasteiger partial charge < -0.3 is 10.1 Å². The number of nitrogens with one attached hydrogen (secondary N) is 1. The molecule has 0 atom stereocenters. The summed E-state index contributed by atoms with van der Waals surface area (Å²) in [5, 5.41) is 13.5. The van der Waals surface area contributed by atoms with Crippen molar-refractivity contribution in [3.63, 3.8) is 0 Å². The predicted octanol–water partition coefficient (Wildman–Crippen LogP) is 1.24. The lowest BCUT2D eigenvalue weighted by Gasteiger charge is -2.06. The van der Waals surface area contributed by atoms with Crippen LogP contribution in [-0.4, -0.2) is 32.0 Å². The summed E-state index contributed by atoms with van der Waals surface area (Å²) < 4.78 is 4.89. The van der Waals surface area contributed by atoms with Gasteiger partial charge >= 0.3 is 11.7 Å². The maximum absolute atomic E-state index is 10.8. The molecule has 0 radical (unpaired) electrons. The molecule has 0 saturated carbocycles. The van der Waals surface area contributed by atoms with Gasteiger partial charge in [0.15, 0.2) is 0 Å². The first-order chi connectivity index (χ1) is 9.10. The number of aromatic nitrogens is 4. The molecule has 0 aromatic carbocycles. The number of hydrogen-bond acceptors (Lipinski definition) is 8. The number of methoxy groups -OCH3 is 1. The van der Waals surface area contributed by atoms with Crippen LogP contribution < -0.4 is 10.1 Å². The molecular formula is C10H10N6O3. The molecule has 0 unspecified atom stereocenters. The van der Waals surface area contributed by atoms with Crippen LogP contribution in [0, 0.1) is 17.0 Å². The van der Waals surface area contributed by atoms with E-state index >= 15 is 0 Å². The Bertz CT molecular complexity index is 618. The molecule has 0 bridgehead atoms. The average Bonchev–Trinajstić information content (AvgIpc) is 2.38. The molecule has 0 spiro atoms. The molecule has 0 aliphatic rings. The van der Waals surface area contributed by atoms with Crippen molar-refractivity contribution in [2.45, 2.75) is 6.92 Å². The monoisotopic (exact) mass is 262 g/mol. The van der Waals surface area contributed by atoms with Crippen LogP contribution in [0.25, 0.3) is 0 Å². The highest BCUT2D eigenvalue weighted by atomic mass is 16.6. The number of ether oxygens (including phenoxy) is 1. The number of anilines is 2. The van der Waals surface area contributed by atoms with Crippen LogP contribution >= 0.6 is 0 Å². The Morgan fingerprint density at radius 3 is 2.84 bits per heavy atom. The average molecular weight is 262 g/mol. The molecule has 2 aromatic rings. The van der Waals surface area contributed by atoms with E-state index in [1.807, 2.05) is 0 Å². The van der Waals surface area contributed by atoms with Crippen LogP contribution in [0.2, 0.25) is 0 Å². The summed E-state index contributed by atoms with van der Waals surface area (Å²) in [5.74, 6) is 0.610. The quantitative estimate of drug-likeness (QED) is 0.646.